The third-order valence-electron chi connectivity index (χ3n) is 1.94. The second kappa shape index (κ2) is 4.24. The molecule has 0 fully saturated rings. The maximum absolute atomic E-state index is 12.0. The number of carbonyl (C=O) groups excluding carboxylic acids is 1. The van der Waals surface area contributed by atoms with Gasteiger partial charge in [0.25, 0.3) is 0 Å². The molecule has 0 aromatic carbocycles. The Balaban J connectivity index is 2.41. The lowest BCUT2D eigenvalue weighted by Crippen LogP contribution is -2.02. The Morgan fingerprint density at radius 1 is 1.40 bits per heavy atom. The molecular formula is C11H8BrNOS. The summed E-state index contributed by atoms with van der Waals surface area (Å²) in [5.41, 5.74) is 0.472. The van der Waals surface area contributed by atoms with Crippen LogP contribution in [-0.2, 0) is 0 Å². The Bertz CT molecular complexity index is 507. The number of ketones is 1. The molecule has 2 aromatic rings. The minimum absolute atomic E-state index is 0.0272. The zero-order valence-corrected chi connectivity index (χ0v) is 10.4. The van der Waals surface area contributed by atoms with E-state index in [1.165, 1.54) is 11.3 Å². The summed E-state index contributed by atoms with van der Waals surface area (Å²) in [5.74, 6) is -0.0272. The first-order valence-electron chi connectivity index (χ1n) is 4.40. The molecule has 0 unspecified atom stereocenters. The Labute approximate surface area is 100 Å². The van der Waals surface area contributed by atoms with Crippen LogP contribution in [0, 0.1) is 6.92 Å². The first kappa shape index (κ1) is 10.5. The Morgan fingerprint density at radius 3 is 2.80 bits per heavy atom. The van der Waals surface area contributed by atoms with Crippen molar-refractivity contribution in [1.82, 2.24) is 4.98 Å². The van der Waals surface area contributed by atoms with Gasteiger partial charge in [-0.25, -0.2) is 0 Å². The van der Waals surface area contributed by atoms with Gasteiger partial charge in [0.1, 0.15) is 5.69 Å². The SMILES string of the molecule is Cc1ccc(C(=O)c2ncccc2Br)s1. The fourth-order valence-electron chi connectivity index (χ4n) is 1.23. The summed E-state index contributed by atoms with van der Waals surface area (Å²) in [4.78, 5) is 17.9. The number of carbonyl (C=O) groups is 1. The van der Waals surface area contributed by atoms with Gasteiger partial charge in [-0.1, -0.05) is 0 Å². The third kappa shape index (κ3) is 2.16. The van der Waals surface area contributed by atoms with Crippen LogP contribution in [0.3, 0.4) is 0 Å². The molecule has 0 aliphatic rings. The number of thiophene rings is 1. The van der Waals surface area contributed by atoms with Crippen LogP contribution in [0.25, 0.3) is 0 Å². The number of hydrogen-bond donors (Lipinski definition) is 0. The summed E-state index contributed by atoms with van der Waals surface area (Å²) >= 11 is 4.81. The summed E-state index contributed by atoms with van der Waals surface area (Å²) < 4.78 is 0.737. The third-order valence-corrected chi connectivity index (χ3v) is 3.58. The lowest BCUT2D eigenvalue weighted by molar-refractivity contribution is 0.103. The molecule has 0 bridgehead atoms. The first-order chi connectivity index (χ1) is 7.18. The number of hydrogen-bond acceptors (Lipinski definition) is 3. The molecule has 15 heavy (non-hydrogen) atoms. The monoisotopic (exact) mass is 281 g/mol. The Kier molecular flexibility index (Phi) is 2.98. The molecule has 2 rings (SSSR count). The molecule has 2 heterocycles. The Hall–Kier alpha value is -1.000. The van der Waals surface area contributed by atoms with Crippen molar-refractivity contribution in [2.45, 2.75) is 6.92 Å². The van der Waals surface area contributed by atoms with Crippen molar-refractivity contribution in [3.8, 4) is 0 Å². The van der Waals surface area contributed by atoms with Gasteiger partial charge in [-0.3, -0.25) is 9.78 Å². The molecule has 0 radical (unpaired) electrons. The largest absolute Gasteiger partial charge is 0.286 e. The average molecular weight is 282 g/mol. The molecule has 4 heteroatoms. The lowest BCUT2D eigenvalue weighted by atomic mass is 10.2. The molecule has 0 saturated carbocycles. The van der Waals surface area contributed by atoms with Crippen molar-refractivity contribution in [2.24, 2.45) is 0 Å². The van der Waals surface area contributed by atoms with Gasteiger partial charge in [0.05, 0.1) is 4.88 Å². The highest BCUT2D eigenvalue weighted by molar-refractivity contribution is 9.10. The molecule has 0 N–H and O–H groups in total. The highest BCUT2D eigenvalue weighted by Crippen LogP contribution is 2.22. The number of aryl methyl sites for hydroxylation is 1. The second-order valence-corrected chi connectivity index (χ2v) is 5.22. The molecule has 0 spiro atoms. The fraction of sp³-hybridized carbons (Fsp3) is 0.0909. The van der Waals surface area contributed by atoms with Crippen molar-refractivity contribution < 1.29 is 4.79 Å². The van der Waals surface area contributed by atoms with E-state index in [-0.39, 0.29) is 5.78 Å². The zero-order chi connectivity index (χ0) is 10.8. The molecule has 2 nitrogen and oxygen atoms in total. The molecule has 2 aromatic heterocycles. The van der Waals surface area contributed by atoms with Crippen molar-refractivity contribution >= 4 is 33.0 Å². The van der Waals surface area contributed by atoms with Crippen molar-refractivity contribution in [3.63, 3.8) is 0 Å². The van der Waals surface area contributed by atoms with E-state index < -0.39 is 0 Å². The van der Waals surface area contributed by atoms with Crippen molar-refractivity contribution in [2.75, 3.05) is 0 Å². The molecule has 0 amide bonds. The minimum atomic E-state index is -0.0272. The predicted molar refractivity (Wildman–Crippen MR) is 64.4 cm³/mol. The average Bonchev–Trinajstić information content (AvgIpc) is 2.65. The van der Waals surface area contributed by atoms with E-state index in [1.54, 1.807) is 12.3 Å². The number of pyridine rings is 1. The first-order valence-corrected chi connectivity index (χ1v) is 6.01. The van der Waals surface area contributed by atoms with E-state index in [0.717, 1.165) is 14.2 Å². The van der Waals surface area contributed by atoms with Crippen LogP contribution in [0.5, 0.6) is 0 Å². The fourth-order valence-corrected chi connectivity index (χ4v) is 2.47. The van der Waals surface area contributed by atoms with Gasteiger partial charge in [-0.15, -0.1) is 11.3 Å². The van der Waals surface area contributed by atoms with Gasteiger partial charge < -0.3 is 0 Å². The van der Waals surface area contributed by atoms with E-state index in [0.29, 0.717) is 5.69 Å². The lowest BCUT2D eigenvalue weighted by Gasteiger charge is -1.99. The number of aromatic nitrogens is 1. The highest BCUT2D eigenvalue weighted by Gasteiger charge is 2.14. The maximum Gasteiger partial charge on any atom is 0.222 e. The van der Waals surface area contributed by atoms with E-state index in [1.807, 2.05) is 25.1 Å². The standard InChI is InChI=1S/C11H8BrNOS/c1-7-4-5-9(15-7)11(14)10-8(12)3-2-6-13-10/h2-6H,1H3. The quantitative estimate of drug-likeness (QED) is 0.790. The number of nitrogens with zero attached hydrogens (tertiary/aromatic N) is 1. The van der Waals surface area contributed by atoms with Gasteiger partial charge in [0, 0.05) is 15.5 Å². The van der Waals surface area contributed by atoms with Crippen molar-refractivity contribution in [3.05, 3.63) is 50.4 Å². The van der Waals surface area contributed by atoms with Gasteiger partial charge in [-0.05, 0) is 47.1 Å². The van der Waals surface area contributed by atoms with Crippen LogP contribution in [0.1, 0.15) is 20.2 Å². The van der Waals surface area contributed by atoms with Crippen LogP contribution in [0.2, 0.25) is 0 Å². The summed E-state index contributed by atoms with van der Waals surface area (Å²) in [6.45, 7) is 1.98. The maximum atomic E-state index is 12.0. The predicted octanol–water partition coefficient (Wildman–Crippen LogP) is 3.45. The van der Waals surface area contributed by atoms with Gasteiger partial charge in [0.15, 0.2) is 0 Å². The normalized spacial score (nSPS) is 10.3. The van der Waals surface area contributed by atoms with Gasteiger partial charge in [-0.2, -0.15) is 0 Å². The van der Waals surface area contributed by atoms with Gasteiger partial charge >= 0.3 is 0 Å². The number of halogens is 1. The molecule has 76 valence electrons. The van der Waals surface area contributed by atoms with E-state index >= 15 is 0 Å². The van der Waals surface area contributed by atoms with Crippen LogP contribution in [0.4, 0.5) is 0 Å². The molecular weight excluding hydrogens is 274 g/mol. The summed E-state index contributed by atoms with van der Waals surface area (Å²) in [6, 6.07) is 7.39. The smallest absolute Gasteiger partial charge is 0.222 e. The minimum Gasteiger partial charge on any atom is -0.286 e. The summed E-state index contributed by atoms with van der Waals surface area (Å²) in [7, 11) is 0. The highest BCUT2D eigenvalue weighted by atomic mass is 79.9. The number of rotatable bonds is 2. The van der Waals surface area contributed by atoms with E-state index in [4.69, 9.17) is 0 Å². The van der Waals surface area contributed by atoms with Gasteiger partial charge in [0.2, 0.25) is 5.78 Å². The summed E-state index contributed by atoms with van der Waals surface area (Å²) in [6.07, 6.45) is 1.62. The molecule has 0 aliphatic carbocycles. The van der Waals surface area contributed by atoms with Crippen LogP contribution < -0.4 is 0 Å². The molecule has 0 saturated heterocycles. The van der Waals surface area contributed by atoms with E-state index in [2.05, 4.69) is 20.9 Å². The van der Waals surface area contributed by atoms with Crippen LogP contribution >= 0.6 is 27.3 Å². The van der Waals surface area contributed by atoms with Crippen LogP contribution in [0.15, 0.2) is 34.9 Å². The second-order valence-electron chi connectivity index (χ2n) is 3.07. The topological polar surface area (TPSA) is 30.0 Å². The molecule has 0 atom stereocenters. The van der Waals surface area contributed by atoms with E-state index in [9.17, 15) is 4.79 Å². The van der Waals surface area contributed by atoms with Crippen molar-refractivity contribution in [1.29, 1.82) is 0 Å². The molecule has 0 aliphatic heterocycles. The van der Waals surface area contributed by atoms with Crippen LogP contribution in [-0.4, -0.2) is 10.8 Å². The summed E-state index contributed by atoms with van der Waals surface area (Å²) in [5, 5.41) is 0. The zero-order valence-electron chi connectivity index (χ0n) is 8.03. The Morgan fingerprint density at radius 2 is 2.20 bits per heavy atom.